The highest BCUT2D eigenvalue weighted by molar-refractivity contribution is 6.30. The lowest BCUT2D eigenvalue weighted by atomic mass is 10.1. The first-order chi connectivity index (χ1) is 8.16. The van der Waals surface area contributed by atoms with Crippen molar-refractivity contribution in [2.45, 2.75) is 19.5 Å². The van der Waals surface area contributed by atoms with Gasteiger partial charge in [0, 0.05) is 30.9 Å². The Morgan fingerprint density at radius 1 is 1.47 bits per heavy atom. The van der Waals surface area contributed by atoms with Crippen LogP contribution in [0.25, 0.3) is 0 Å². The Labute approximate surface area is 106 Å². The standard InChI is InChI=1S/C13H16ClN3/c1-10(11-4-3-5-12(14)6-11)16-8-13-7-15-9-17(13)2/h3-7,9-10,16H,8H2,1-2H3/t10-/m0/s1. The van der Waals surface area contributed by atoms with Crippen molar-refractivity contribution in [1.29, 1.82) is 0 Å². The average molecular weight is 250 g/mol. The second-order valence-electron chi connectivity index (χ2n) is 4.15. The first-order valence-corrected chi connectivity index (χ1v) is 5.98. The minimum atomic E-state index is 0.267. The number of aromatic nitrogens is 2. The van der Waals surface area contributed by atoms with Crippen LogP contribution in [-0.2, 0) is 13.6 Å². The molecule has 1 atom stereocenters. The summed E-state index contributed by atoms with van der Waals surface area (Å²) in [5.74, 6) is 0. The van der Waals surface area contributed by atoms with Gasteiger partial charge >= 0.3 is 0 Å². The number of hydrogen-bond acceptors (Lipinski definition) is 2. The fourth-order valence-electron chi connectivity index (χ4n) is 1.71. The predicted molar refractivity (Wildman–Crippen MR) is 69.9 cm³/mol. The first-order valence-electron chi connectivity index (χ1n) is 5.61. The third kappa shape index (κ3) is 3.08. The van der Waals surface area contributed by atoms with Crippen LogP contribution in [0.15, 0.2) is 36.8 Å². The number of halogens is 1. The zero-order chi connectivity index (χ0) is 12.3. The molecule has 17 heavy (non-hydrogen) atoms. The summed E-state index contributed by atoms with van der Waals surface area (Å²) in [6.07, 6.45) is 3.68. The summed E-state index contributed by atoms with van der Waals surface area (Å²) in [5.41, 5.74) is 2.36. The van der Waals surface area contributed by atoms with Crippen molar-refractivity contribution in [3.63, 3.8) is 0 Å². The fraction of sp³-hybridized carbons (Fsp3) is 0.308. The second-order valence-corrected chi connectivity index (χ2v) is 4.59. The van der Waals surface area contributed by atoms with E-state index in [9.17, 15) is 0 Å². The highest BCUT2D eigenvalue weighted by Gasteiger charge is 2.06. The molecule has 0 radical (unpaired) electrons. The molecule has 4 heteroatoms. The van der Waals surface area contributed by atoms with Crippen LogP contribution in [0.2, 0.25) is 5.02 Å². The number of hydrogen-bond donors (Lipinski definition) is 1. The lowest BCUT2D eigenvalue weighted by molar-refractivity contribution is 0.558. The molecule has 1 aromatic carbocycles. The Hall–Kier alpha value is -1.32. The summed E-state index contributed by atoms with van der Waals surface area (Å²) in [6.45, 7) is 2.92. The highest BCUT2D eigenvalue weighted by atomic mass is 35.5. The maximum atomic E-state index is 5.97. The van der Waals surface area contributed by atoms with E-state index in [0.717, 1.165) is 11.6 Å². The molecule has 0 unspecified atom stereocenters. The van der Waals surface area contributed by atoms with Crippen LogP contribution in [0, 0.1) is 0 Å². The quantitative estimate of drug-likeness (QED) is 0.903. The fourth-order valence-corrected chi connectivity index (χ4v) is 1.91. The molecular formula is C13H16ClN3. The van der Waals surface area contributed by atoms with Gasteiger partial charge < -0.3 is 9.88 Å². The van der Waals surface area contributed by atoms with Crippen molar-refractivity contribution in [1.82, 2.24) is 14.9 Å². The SMILES string of the molecule is C[C@H](NCc1cncn1C)c1cccc(Cl)c1. The van der Waals surface area contributed by atoms with Crippen LogP contribution in [-0.4, -0.2) is 9.55 Å². The molecule has 1 heterocycles. The van der Waals surface area contributed by atoms with Gasteiger partial charge in [0.05, 0.1) is 12.0 Å². The van der Waals surface area contributed by atoms with Crippen LogP contribution in [0.4, 0.5) is 0 Å². The molecule has 0 aliphatic rings. The molecule has 3 nitrogen and oxygen atoms in total. The summed E-state index contributed by atoms with van der Waals surface area (Å²) < 4.78 is 2.01. The Morgan fingerprint density at radius 2 is 2.29 bits per heavy atom. The molecular weight excluding hydrogens is 234 g/mol. The van der Waals surface area contributed by atoms with Gasteiger partial charge in [-0.1, -0.05) is 23.7 Å². The van der Waals surface area contributed by atoms with Crippen molar-refractivity contribution in [3.05, 3.63) is 53.1 Å². The first kappa shape index (κ1) is 12.1. The van der Waals surface area contributed by atoms with E-state index in [1.807, 2.05) is 36.0 Å². The van der Waals surface area contributed by atoms with Gasteiger partial charge in [-0.15, -0.1) is 0 Å². The average Bonchev–Trinajstić information content (AvgIpc) is 2.72. The lowest BCUT2D eigenvalue weighted by Gasteiger charge is -2.14. The molecule has 0 saturated heterocycles. The van der Waals surface area contributed by atoms with Crippen molar-refractivity contribution in [2.24, 2.45) is 7.05 Å². The van der Waals surface area contributed by atoms with E-state index >= 15 is 0 Å². The van der Waals surface area contributed by atoms with Crippen molar-refractivity contribution in [3.8, 4) is 0 Å². The largest absolute Gasteiger partial charge is 0.337 e. The zero-order valence-electron chi connectivity index (χ0n) is 10.0. The number of nitrogens with one attached hydrogen (secondary N) is 1. The van der Waals surface area contributed by atoms with Crippen molar-refractivity contribution < 1.29 is 0 Å². The van der Waals surface area contributed by atoms with Crippen LogP contribution >= 0.6 is 11.6 Å². The van der Waals surface area contributed by atoms with Crippen LogP contribution in [0.3, 0.4) is 0 Å². The molecule has 2 aromatic rings. The molecule has 1 aromatic heterocycles. The number of nitrogens with zero attached hydrogens (tertiary/aromatic N) is 2. The van der Waals surface area contributed by atoms with Crippen molar-refractivity contribution in [2.75, 3.05) is 0 Å². The minimum absolute atomic E-state index is 0.267. The highest BCUT2D eigenvalue weighted by Crippen LogP contribution is 2.17. The summed E-state index contributed by atoms with van der Waals surface area (Å²) in [7, 11) is 1.99. The van der Waals surface area contributed by atoms with Gasteiger partial charge in [0.1, 0.15) is 0 Å². The Morgan fingerprint density at radius 3 is 2.94 bits per heavy atom. The summed E-state index contributed by atoms with van der Waals surface area (Å²) >= 11 is 5.97. The van der Waals surface area contributed by atoms with Gasteiger partial charge in [-0.25, -0.2) is 4.98 Å². The van der Waals surface area contributed by atoms with Gasteiger partial charge in [-0.05, 0) is 24.6 Å². The van der Waals surface area contributed by atoms with E-state index in [0.29, 0.717) is 0 Å². The third-order valence-corrected chi connectivity index (χ3v) is 3.09. The third-order valence-electron chi connectivity index (χ3n) is 2.85. The molecule has 0 fully saturated rings. The lowest BCUT2D eigenvalue weighted by Crippen LogP contribution is -2.19. The summed E-state index contributed by atoms with van der Waals surface area (Å²) in [5, 5.41) is 4.22. The van der Waals surface area contributed by atoms with Gasteiger partial charge in [0.25, 0.3) is 0 Å². The molecule has 90 valence electrons. The summed E-state index contributed by atoms with van der Waals surface area (Å²) in [4.78, 5) is 4.09. The second kappa shape index (κ2) is 5.34. The molecule has 0 amide bonds. The Balaban J connectivity index is 1.98. The molecule has 0 bridgehead atoms. The molecule has 0 aliphatic heterocycles. The smallest absolute Gasteiger partial charge is 0.0945 e. The van der Waals surface area contributed by atoms with Crippen molar-refractivity contribution >= 4 is 11.6 Å². The van der Waals surface area contributed by atoms with Crippen LogP contribution < -0.4 is 5.32 Å². The van der Waals surface area contributed by atoms with E-state index in [4.69, 9.17) is 11.6 Å². The number of rotatable bonds is 4. The number of benzene rings is 1. The van der Waals surface area contributed by atoms with Gasteiger partial charge in [-0.2, -0.15) is 0 Å². The maximum absolute atomic E-state index is 5.97. The monoisotopic (exact) mass is 249 g/mol. The molecule has 1 N–H and O–H groups in total. The minimum Gasteiger partial charge on any atom is -0.337 e. The van der Waals surface area contributed by atoms with Gasteiger partial charge in [0.2, 0.25) is 0 Å². The predicted octanol–water partition coefficient (Wildman–Crippen LogP) is 2.92. The van der Waals surface area contributed by atoms with E-state index < -0.39 is 0 Å². The topological polar surface area (TPSA) is 29.9 Å². The maximum Gasteiger partial charge on any atom is 0.0945 e. The van der Waals surface area contributed by atoms with Crippen LogP contribution in [0.1, 0.15) is 24.2 Å². The Bertz CT molecular complexity index is 493. The van der Waals surface area contributed by atoms with Gasteiger partial charge in [-0.3, -0.25) is 0 Å². The summed E-state index contributed by atoms with van der Waals surface area (Å²) in [6, 6.07) is 8.19. The normalized spacial score (nSPS) is 12.6. The molecule has 0 aliphatic carbocycles. The molecule has 2 rings (SSSR count). The number of imidazole rings is 1. The Kier molecular flexibility index (Phi) is 3.82. The van der Waals surface area contributed by atoms with E-state index in [1.54, 1.807) is 6.33 Å². The van der Waals surface area contributed by atoms with E-state index in [1.165, 1.54) is 11.3 Å². The zero-order valence-corrected chi connectivity index (χ0v) is 10.8. The molecule has 0 saturated carbocycles. The van der Waals surface area contributed by atoms with Gasteiger partial charge in [0.15, 0.2) is 0 Å². The number of aryl methyl sites for hydroxylation is 1. The van der Waals surface area contributed by atoms with E-state index in [2.05, 4.69) is 23.3 Å². The van der Waals surface area contributed by atoms with Crippen LogP contribution in [0.5, 0.6) is 0 Å². The van der Waals surface area contributed by atoms with E-state index in [-0.39, 0.29) is 6.04 Å². The molecule has 0 spiro atoms.